The Kier molecular flexibility index (Phi) is 1.25. The normalized spacial score (nSPS) is 42.0. The van der Waals surface area contributed by atoms with Gasteiger partial charge in [-0.15, -0.1) is 0 Å². The average Bonchev–Trinajstić information content (AvgIpc) is 1.84. The van der Waals surface area contributed by atoms with Gasteiger partial charge in [-0.2, -0.15) is 4.21 Å². The zero-order valence-corrected chi connectivity index (χ0v) is 4.65. The second-order valence-electron chi connectivity index (χ2n) is 1.55. The molecule has 1 heterocycles. The molecule has 1 aliphatic heterocycles. The molecule has 1 unspecified atom stereocenters. The van der Waals surface area contributed by atoms with Gasteiger partial charge in [-0.1, -0.05) is 0 Å². The summed E-state index contributed by atoms with van der Waals surface area (Å²) in [5, 5.41) is 18.9. The van der Waals surface area contributed by atoms with Crippen LogP contribution >= 0.6 is 11.9 Å². The lowest BCUT2D eigenvalue weighted by atomic mass is 10.5. The van der Waals surface area contributed by atoms with Crippen LogP contribution in [-0.4, -0.2) is 21.7 Å². The lowest BCUT2D eigenvalue weighted by molar-refractivity contribution is -0.946. The molecule has 1 saturated heterocycles. The van der Waals surface area contributed by atoms with Crippen LogP contribution in [0.15, 0.2) is 0 Å². The molecular formula is C3H7NO2S. The lowest BCUT2D eigenvalue weighted by Crippen LogP contribution is -2.25. The Labute approximate surface area is 46.2 Å². The Morgan fingerprint density at radius 1 is 1.71 bits per heavy atom. The summed E-state index contributed by atoms with van der Waals surface area (Å²) >= 11 is 1.04. The highest BCUT2D eigenvalue weighted by Gasteiger charge is 2.22. The Morgan fingerprint density at radius 2 is 2.43 bits per heavy atom. The Bertz CT molecular complexity index is 67.3. The molecule has 0 aromatic heterocycles. The largest absolute Gasteiger partial charge is 0.586 e. The van der Waals surface area contributed by atoms with Gasteiger partial charge >= 0.3 is 0 Å². The van der Waals surface area contributed by atoms with E-state index in [4.69, 9.17) is 5.21 Å². The van der Waals surface area contributed by atoms with Gasteiger partial charge in [-0.05, 0) is 0 Å². The minimum absolute atomic E-state index is 0.352. The molecule has 0 aromatic carbocycles. The van der Waals surface area contributed by atoms with E-state index in [1.54, 1.807) is 0 Å². The van der Waals surface area contributed by atoms with Gasteiger partial charge in [0.15, 0.2) is 0 Å². The first kappa shape index (κ1) is 5.37. The predicted octanol–water partition coefficient (Wildman–Crippen LogP) is 0.742. The molecule has 0 aromatic rings. The van der Waals surface area contributed by atoms with E-state index in [1.165, 1.54) is 0 Å². The smallest absolute Gasteiger partial charge is 0.121 e. The van der Waals surface area contributed by atoms with Crippen LogP contribution in [0.25, 0.3) is 0 Å². The van der Waals surface area contributed by atoms with Gasteiger partial charge in [-0.3, -0.25) is 0 Å². The molecule has 1 aliphatic rings. The zero-order valence-electron chi connectivity index (χ0n) is 3.83. The monoisotopic (exact) mass is 121 g/mol. The highest BCUT2D eigenvalue weighted by atomic mass is 32.2. The number of nitrogens with zero attached hydrogens (tertiary/aromatic N) is 1. The van der Waals surface area contributed by atoms with Crippen LogP contribution < -0.4 is 0 Å². The summed E-state index contributed by atoms with van der Waals surface area (Å²) < 4.78 is -1.08. The summed E-state index contributed by atoms with van der Waals surface area (Å²) in [5.74, 6) is 0.792. The highest BCUT2D eigenvalue weighted by Crippen LogP contribution is 2.25. The van der Waals surface area contributed by atoms with Gasteiger partial charge in [0.25, 0.3) is 0 Å². The van der Waals surface area contributed by atoms with Crippen molar-refractivity contribution in [1.29, 1.82) is 0 Å². The van der Waals surface area contributed by atoms with Gasteiger partial charge < -0.3 is 5.21 Å². The summed E-state index contributed by atoms with van der Waals surface area (Å²) in [6, 6.07) is 0. The minimum Gasteiger partial charge on any atom is -0.586 e. The summed E-state index contributed by atoms with van der Waals surface area (Å²) in [7, 11) is 0. The van der Waals surface area contributed by atoms with Crippen molar-refractivity contribution in [3.05, 3.63) is 5.21 Å². The van der Waals surface area contributed by atoms with E-state index in [1.807, 2.05) is 0 Å². The molecule has 7 heavy (non-hydrogen) atoms. The first-order valence-electron chi connectivity index (χ1n) is 2.17. The van der Waals surface area contributed by atoms with E-state index in [0.717, 1.165) is 24.1 Å². The Hall–Kier alpha value is 0.230. The number of quaternary nitrogens is 1. The number of hydroxylamine groups is 2. The van der Waals surface area contributed by atoms with E-state index in [-0.39, 0.29) is 0 Å². The van der Waals surface area contributed by atoms with Crippen LogP contribution in [0.3, 0.4) is 0 Å². The van der Waals surface area contributed by atoms with Crippen LogP contribution in [0.5, 0.6) is 0 Å². The fourth-order valence-electron chi connectivity index (χ4n) is 0.536. The van der Waals surface area contributed by atoms with Crippen molar-refractivity contribution in [2.24, 2.45) is 0 Å². The molecule has 0 spiro atoms. The molecular weight excluding hydrogens is 114 g/mol. The van der Waals surface area contributed by atoms with Crippen molar-refractivity contribution in [2.75, 3.05) is 12.3 Å². The van der Waals surface area contributed by atoms with Gasteiger partial charge in [0.1, 0.15) is 18.5 Å². The van der Waals surface area contributed by atoms with Crippen LogP contribution in [-0.2, 0) is 0 Å². The highest BCUT2D eigenvalue weighted by molar-refractivity contribution is 7.93. The predicted molar refractivity (Wildman–Crippen MR) is 27.4 cm³/mol. The maximum atomic E-state index is 10.4. The fourth-order valence-corrected chi connectivity index (χ4v) is 1.34. The lowest BCUT2D eigenvalue weighted by Gasteiger charge is -2.23. The van der Waals surface area contributed by atoms with Crippen molar-refractivity contribution in [3.8, 4) is 0 Å². The summed E-state index contributed by atoms with van der Waals surface area (Å²) in [4.78, 5) is 0. The van der Waals surface area contributed by atoms with Crippen LogP contribution in [0, 0.1) is 5.21 Å². The fraction of sp³-hybridized carbons (Fsp3) is 1.00. The topological polar surface area (TPSA) is 43.3 Å². The standard InChI is InChI=1S/C3H7NO2S/c5-4(6)2-1-3-7-4/h5H,1-3H2. The molecule has 42 valence electrons. The molecule has 1 fully saturated rings. The van der Waals surface area contributed by atoms with E-state index < -0.39 is 4.21 Å². The molecule has 4 heteroatoms. The molecule has 0 radical (unpaired) electrons. The number of rotatable bonds is 0. The molecule has 1 atom stereocenters. The van der Waals surface area contributed by atoms with Crippen molar-refractivity contribution in [3.63, 3.8) is 0 Å². The van der Waals surface area contributed by atoms with Gasteiger partial charge in [0, 0.05) is 6.42 Å². The third-order valence-corrected chi connectivity index (χ3v) is 1.94. The second kappa shape index (κ2) is 1.63. The quantitative estimate of drug-likeness (QED) is 0.292. The van der Waals surface area contributed by atoms with Crippen LogP contribution in [0.2, 0.25) is 0 Å². The first-order chi connectivity index (χ1) is 3.21. The third-order valence-electron chi connectivity index (χ3n) is 0.878. The van der Waals surface area contributed by atoms with Crippen molar-refractivity contribution in [2.45, 2.75) is 6.42 Å². The molecule has 0 aliphatic carbocycles. The average molecular weight is 121 g/mol. The SMILES string of the molecule is [O-][N+]1(O)CCCS1. The van der Waals surface area contributed by atoms with E-state index in [2.05, 4.69) is 0 Å². The minimum atomic E-state index is -1.08. The van der Waals surface area contributed by atoms with Gasteiger partial charge in [0.05, 0.1) is 5.75 Å². The molecule has 0 bridgehead atoms. The zero-order chi connectivity index (χ0) is 5.33. The van der Waals surface area contributed by atoms with E-state index >= 15 is 0 Å². The Morgan fingerprint density at radius 3 is 2.57 bits per heavy atom. The van der Waals surface area contributed by atoms with E-state index in [0.29, 0.717) is 6.54 Å². The van der Waals surface area contributed by atoms with Crippen molar-refractivity contribution in [1.82, 2.24) is 0 Å². The van der Waals surface area contributed by atoms with Gasteiger partial charge in [0.2, 0.25) is 0 Å². The molecule has 0 amide bonds. The van der Waals surface area contributed by atoms with Crippen LogP contribution in [0.1, 0.15) is 6.42 Å². The number of hydrogen-bond donors (Lipinski definition) is 1. The molecule has 3 nitrogen and oxygen atoms in total. The summed E-state index contributed by atoms with van der Waals surface area (Å²) in [5.41, 5.74) is 0. The van der Waals surface area contributed by atoms with E-state index in [9.17, 15) is 5.21 Å². The summed E-state index contributed by atoms with van der Waals surface area (Å²) in [6.45, 7) is 0.352. The first-order valence-corrected chi connectivity index (χ1v) is 3.11. The molecule has 0 saturated carbocycles. The summed E-state index contributed by atoms with van der Waals surface area (Å²) in [6.07, 6.45) is 0.838. The van der Waals surface area contributed by atoms with Gasteiger partial charge in [-0.25, -0.2) is 5.21 Å². The molecule has 1 N–H and O–H groups in total. The van der Waals surface area contributed by atoms with Crippen LogP contribution in [0.4, 0.5) is 0 Å². The third kappa shape index (κ3) is 1.31. The maximum Gasteiger partial charge on any atom is 0.121 e. The van der Waals surface area contributed by atoms with Crippen molar-refractivity contribution < 1.29 is 9.42 Å². The van der Waals surface area contributed by atoms with Crippen molar-refractivity contribution >= 4 is 11.9 Å². The second-order valence-corrected chi connectivity index (χ2v) is 2.78. The maximum absolute atomic E-state index is 10.4. The molecule has 1 rings (SSSR count). The Balaban J connectivity index is 2.40. The number of hydrogen-bond acceptors (Lipinski definition) is 3.